The molecular weight excluding hydrogens is 338 g/mol. The number of rotatable bonds is 4. The van der Waals surface area contributed by atoms with Crippen LogP contribution in [0.15, 0.2) is 53.4 Å². The molecule has 1 aliphatic rings. The topological polar surface area (TPSA) is 63.7 Å². The second-order valence-corrected chi connectivity index (χ2v) is 6.14. The third-order valence-corrected chi connectivity index (χ3v) is 4.36. The molecule has 23 heavy (non-hydrogen) atoms. The molecule has 116 valence electrons. The van der Waals surface area contributed by atoms with E-state index in [2.05, 4.69) is 0 Å². The first-order valence-electron chi connectivity index (χ1n) is 6.63. The number of carbonyl (C=O) groups excluding carboxylic acids is 3. The zero-order valence-corrected chi connectivity index (χ0v) is 13.3. The van der Waals surface area contributed by atoms with Crippen LogP contribution in [-0.4, -0.2) is 28.6 Å². The Hall–Kier alpha value is -2.31. The molecule has 0 N–H and O–H groups in total. The number of thioether (sulfide) groups is 1. The number of hydroxylamine groups is 2. The van der Waals surface area contributed by atoms with E-state index < -0.39 is 17.8 Å². The van der Waals surface area contributed by atoms with E-state index in [-0.39, 0.29) is 16.9 Å². The number of hydrogen-bond acceptors (Lipinski definition) is 5. The average molecular weight is 348 g/mol. The Morgan fingerprint density at radius 3 is 2.13 bits per heavy atom. The van der Waals surface area contributed by atoms with Crippen molar-refractivity contribution in [3.8, 4) is 0 Å². The van der Waals surface area contributed by atoms with E-state index >= 15 is 0 Å². The quantitative estimate of drug-likeness (QED) is 0.628. The number of nitrogens with zero attached hydrogens (tertiary/aromatic N) is 1. The molecule has 0 aliphatic carbocycles. The molecule has 5 nitrogen and oxygen atoms in total. The maximum Gasteiger partial charge on any atom is 0.343 e. The molecule has 0 radical (unpaired) electrons. The summed E-state index contributed by atoms with van der Waals surface area (Å²) in [5.74, 6) is -1.97. The summed E-state index contributed by atoms with van der Waals surface area (Å²) in [6.45, 7) is 0. The van der Waals surface area contributed by atoms with Gasteiger partial charge in [-0.3, -0.25) is 9.59 Å². The standard InChI is InChI=1S/C16H10ClNO4S/c17-10-5-7-11(8-6-10)23-9-14(19)22-18-15(20)12-3-1-2-4-13(12)16(18)21/h1-8H,9H2. The molecule has 3 rings (SSSR count). The monoisotopic (exact) mass is 347 g/mol. The first-order chi connectivity index (χ1) is 11.1. The van der Waals surface area contributed by atoms with Crippen molar-refractivity contribution in [2.24, 2.45) is 0 Å². The fourth-order valence-corrected chi connectivity index (χ4v) is 2.84. The van der Waals surface area contributed by atoms with E-state index in [9.17, 15) is 14.4 Å². The number of carbonyl (C=O) groups is 3. The van der Waals surface area contributed by atoms with Gasteiger partial charge in [0.25, 0.3) is 11.8 Å². The molecule has 0 atom stereocenters. The molecule has 0 bridgehead atoms. The second-order valence-electron chi connectivity index (χ2n) is 4.66. The zero-order valence-electron chi connectivity index (χ0n) is 11.7. The van der Waals surface area contributed by atoms with Gasteiger partial charge in [0.1, 0.15) is 0 Å². The van der Waals surface area contributed by atoms with Gasteiger partial charge in [0.05, 0.1) is 16.9 Å². The molecule has 1 heterocycles. The minimum absolute atomic E-state index is 0.0327. The number of imide groups is 1. The molecule has 0 unspecified atom stereocenters. The minimum Gasteiger partial charge on any atom is -0.329 e. The Labute approximate surface area is 141 Å². The van der Waals surface area contributed by atoms with Crippen molar-refractivity contribution in [1.82, 2.24) is 5.06 Å². The Bertz CT molecular complexity index is 756. The van der Waals surface area contributed by atoms with Crippen LogP contribution in [-0.2, 0) is 9.63 Å². The van der Waals surface area contributed by atoms with E-state index in [1.807, 2.05) is 0 Å². The van der Waals surface area contributed by atoms with Crippen LogP contribution in [0.1, 0.15) is 20.7 Å². The van der Waals surface area contributed by atoms with Gasteiger partial charge in [-0.15, -0.1) is 11.8 Å². The molecule has 2 aromatic rings. The third kappa shape index (κ3) is 3.23. The van der Waals surface area contributed by atoms with Crippen LogP contribution in [0.25, 0.3) is 0 Å². The van der Waals surface area contributed by atoms with Crippen LogP contribution in [0.5, 0.6) is 0 Å². The molecular formula is C16H10ClNO4S. The lowest BCUT2D eigenvalue weighted by molar-refractivity contribution is -0.165. The predicted octanol–water partition coefficient (Wildman–Crippen LogP) is 3.19. The molecule has 7 heteroatoms. The lowest BCUT2D eigenvalue weighted by Gasteiger charge is -2.12. The third-order valence-electron chi connectivity index (χ3n) is 3.12. The average Bonchev–Trinajstić information content (AvgIpc) is 2.80. The zero-order chi connectivity index (χ0) is 16.4. The fourth-order valence-electron chi connectivity index (χ4n) is 2.05. The lowest BCUT2D eigenvalue weighted by Crippen LogP contribution is -2.33. The van der Waals surface area contributed by atoms with Crippen LogP contribution in [0.2, 0.25) is 5.02 Å². The molecule has 2 aromatic carbocycles. The molecule has 2 amide bonds. The van der Waals surface area contributed by atoms with Crippen molar-refractivity contribution in [1.29, 1.82) is 0 Å². The molecule has 0 spiro atoms. The van der Waals surface area contributed by atoms with Gasteiger partial charge < -0.3 is 4.84 Å². The Morgan fingerprint density at radius 1 is 1.00 bits per heavy atom. The lowest BCUT2D eigenvalue weighted by atomic mass is 10.1. The van der Waals surface area contributed by atoms with E-state index in [4.69, 9.17) is 16.4 Å². The van der Waals surface area contributed by atoms with Crippen LogP contribution in [0.3, 0.4) is 0 Å². The Kier molecular flexibility index (Phi) is 4.36. The van der Waals surface area contributed by atoms with Crippen LogP contribution >= 0.6 is 23.4 Å². The van der Waals surface area contributed by atoms with Crippen LogP contribution in [0.4, 0.5) is 0 Å². The Balaban J connectivity index is 1.62. The molecule has 0 saturated carbocycles. The number of benzene rings is 2. The van der Waals surface area contributed by atoms with Gasteiger partial charge in [-0.1, -0.05) is 28.8 Å². The van der Waals surface area contributed by atoms with E-state index in [1.165, 1.54) is 23.9 Å². The molecule has 0 saturated heterocycles. The minimum atomic E-state index is -0.681. The summed E-state index contributed by atoms with van der Waals surface area (Å²) >= 11 is 7.01. The van der Waals surface area contributed by atoms with Gasteiger partial charge in [0.2, 0.25) is 0 Å². The van der Waals surface area contributed by atoms with Gasteiger partial charge >= 0.3 is 5.97 Å². The van der Waals surface area contributed by atoms with Crippen molar-refractivity contribution >= 4 is 41.1 Å². The highest BCUT2D eigenvalue weighted by atomic mass is 35.5. The Morgan fingerprint density at radius 2 is 1.57 bits per heavy atom. The summed E-state index contributed by atoms with van der Waals surface area (Å²) in [5.41, 5.74) is 0.464. The van der Waals surface area contributed by atoms with Gasteiger partial charge in [-0.05, 0) is 36.4 Å². The van der Waals surface area contributed by atoms with Gasteiger partial charge in [-0.2, -0.15) is 0 Å². The number of amides is 2. The van der Waals surface area contributed by atoms with Crippen molar-refractivity contribution in [3.05, 3.63) is 64.7 Å². The smallest absolute Gasteiger partial charge is 0.329 e. The molecule has 1 aliphatic heterocycles. The SMILES string of the molecule is O=C(CSc1ccc(Cl)cc1)ON1C(=O)c2ccccc2C1=O. The molecule has 0 fully saturated rings. The summed E-state index contributed by atoms with van der Waals surface area (Å²) in [5, 5.41) is 1.11. The number of fused-ring (bicyclic) bond motifs is 1. The summed E-state index contributed by atoms with van der Waals surface area (Å²) < 4.78 is 0. The maximum atomic E-state index is 12.1. The predicted molar refractivity (Wildman–Crippen MR) is 85.2 cm³/mol. The van der Waals surface area contributed by atoms with Gasteiger partial charge in [0, 0.05) is 9.92 Å². The summed E-state index contributed by atoms with van der Waals surface area (Å²) in [4.78, 5) is 41.7. The maximum absolute atomic E-state index is 12.1. The van der Waals surface area contributed by atoms with Crippen molar-refractivity contribution < 1.29 is 19.2 Å². The van der Waals surface area contributed by atoms with Crippen molar-refractivity contribution in [2.45, 2.75) is 4.90 Å². The summed E-state index contributed by atoms with van der Waals surface area (Å²) in [6, 6.07) is 13.3. The van der Waals surface area contributed by atoms with E-state index in [0.717, 1.165) is 4.90 Å². The van der Waals surface area contributed by atoms with E-state index in [1.54, 1.807) is 36.4 Å². The second kappa shape index (κ2) is 6.44. The molecule has 0 aromatic heterocycles. The highest BCUT2D eigenvalue weighted by molar-refractivity contribution is 8.00. The fraction of sp³-hybridized carbons (Fsp3) is 0.0625. The van der Waals surface area contributed by atoms with Crippen LogP contribution < -0.4 is 0 Å². The van der Waals surface area contributed by atoms with Gasteiger partial charge in [-0.25, -0.2) is 4.79 Å². The largest absolute Gasteiger partial charge is 0.343 e. The normalized spacial score (nSPS) is 13.2. The van der Waals surface area contributed by atoms with Crippen LogP contribution in [0, 0.1) is 0 Å². The first-order valence-corrected chi connectivity index (χ1v) is 7.99. The number of halogens is 1. The summed E-state index contributed by atoms with van der Waals surface area (Å²) in [6.07, 6.45) is 0. The van der Waals surface area contributed by atoms with Crippen molar-refractivity contribution in [2.75, 3.05) is 5.75 Å². The van der Waals surface area contributed by atoms with E-state index in [0.29, 0.717) is 10.1 Å². The summed E-state index contributed by atoms with van der Waals surface area (Å²) in [7, 11) is 0. The number of hydrogen-bond donors (Lipinski definition) is 0. The first kappa shape index (κ1) is 15.6. The van der Waals surface area contributed by atoms with Crippen molar-refractivity contribution in [3.63, 3.8) is 0 Å². The highest BCUT2D eigenvalue weighted by Crippen LogP contribution is 2.24. The van der Waals surface area contributed by atoms with Gasteiger partial charge in [0.15, 0.2) is 0 Å². The highest BCUT2D eigenvalue weighted by Gasteiger charge is 2.38.